The summed E-state index contributed by atoms with van der Waals surface area (Å²) in [4.78, 5) is 4.59. The number of nitrogens with zero attached hydrogens (tertiary/aromatic N) is 1. The van der Waals surface area contributed by atoms with E-state index >= 15 is 0 Å². The minimum Gasteiger partial charge on any atom is -0.256 e. The second kappa shape index (κ2) is 4.61. The van der Waals surface area contributed by atoms with E-state index in [4.69, 9.17) is 0 Å². The summed E-state index contributed by atoms with van der Waals surface area (Å²) in [5, 5.41) is 2.47. The van der Waals surface area contributed by atoms with Crippen LogP contribution in [0.4, 0.5) is 0 Å². The molecule has 1 nitrogen and oxygen atoms in total. The van der Waals surface area contributed by atoms with Gasteiger partial charge in [0.2, 0.25) is 0 Å². The van der Waals surface area contributed by atoms with Crippen LogP contribution in [0, 0.1) is 0 Å². The fourth-order valence-electron chi connectivity index (χ4n) is 2.39. The number of hydrogen-bond acceptors (Lipinski definition) is 1. The lowest BCUT2D eigenvalue weighted by Crippen LogP contribution is -1.91. The molecule has 0 fully saturated rings. The lowest BCUT2D eigenvalue weighted by molar-refractivity contribution is 1.14. The second-order valence-electron chi connectivity index (χ2n) is 4.39. The Morgan fingerprint density at radius 1 is 0.889 bits per heavy atom. The minimum atomic E-state index is 1.03. The van der Waals surface area contributed by atoms with Crippen LogP contribution in [-0.2, 0) is 6.42 Å². The maximum absolute atomic E-state index is 4.59. The topological polar surface area (TPSA) is 12.9 Å². The van der Waals surface area contributed by atoms with Crippen LogP contribution in [0.1, 0.15) is 12.5 Å². The van der Waals surface area contributed by atoms with Gasteiger partial charge in [-0.3, -0.25) is 4.98 Å². The summed E-state index contributed by atoms with van der Waals surface area (Å²) in [6, 6.07) is 19.0. The van der Waals surface area contributed by atoms with Crippen molar-refractivity contribution >= 4 is 10.8 Å². The fraction of sp³-hybridized carbons (Fsp3) is 0.118. The monoisotopic (exact) mass is 233 g/mol. The van der Waals surface area contributed by atoms with E-state index in [9.17, 15) is 0 Å². The van der Waals surface area contributed by atoms with Crippen molar-refractivity contribution in [2.45, 2.75) is 13.3 Å². The highest BCUT2D eigenvalue weighted by Gasteiger charge is 2.07. The van der Waals surface area contributed by atoms with Crippen molar-refractivity contribution in [1.29, 1.82) is 0 Å². The Labute approximate surface area is 107 Å². The van der Waals surface area contributed by atoms with Crippen LogP contribution in [0.15, 0.2) is 60.8 Å². The van der Waals surface area contributed by atoms with E-state index in [1.54, 1.807) is 0 Å². The van der Waals surface area contributed by atoms with Crippen molar-refractivity contribution in [2.75, 3.05) is 0 Å². The molecule has 0 radical (unpaired) electrons. The third-order valence-electron chi connectivity index (χ3n) is 3.33. The van der Waals surface area contributed by atoms with Crippen molar-refractivity contribution in [1.82, 2.24) is 4.98 Å². The molecule has 1 aromatic heterocycles. The Morgan fingerprint density at radius 2 is 1.67 bits per heavy atom. The van der Waals surface area contributed by atoms with Crippen LogP contribution < -0.4 is 0 Å². The molecule has 0 amide bonds. The van der Waals surface area contributed by atoms with Gasteiger partial charge in [0, 0.05) is 17.1 Å². The minimum absolute atomic E-state index is 1.03. The van der Waals surface area contributed by atoms with Gasteiger partial charge in [0.15, 0.2) is 0 Å². The largest absolute Gasteiger partial charge is 0.256 e. The molecule has 0 atom stereocenters. The van der Waals surface area contributed by atoms with Crippen LogP contribution in [0.5, 0.6) is 0 Å². The summed E-state index contributed by atoms with van der Waals surface area (Å²) in [5.74, 6) is 0. The van der Waals surface area contributed by atoms with Gasteiger partial charge < -0.3 is 0 Å². The molecule has 0 saturated carbocycles. The maximum Gasteiger partial charge on any atom is 0.0783 e. The van der Waals surface area contributed by atoms with Crippen molar-refractivity contribution in [2.24, 2.45) is 0 Å². The first-order valence-corrected chi connectivity index (χ1v) is 6.32. The Kier molecular flexibility index (Phi) is 2.81. The van der Waals surface area contributed by atoms with Crippen LogP contribution >= 0.6 is 0 Å². The van der Waals surface area contributed by atoms with Crippen LogP contribution in [-0.4, -0.2) is 4.98 Å². The summed E-state index contributed by atoms with van der Waals surface area (Å²) in [6.45, 7) is 2.18. The molecule has 88 valence electrons. The first-order valence-electron chi connectivity index (χ1n) is 6.32. The molecule has 0 saturated heterocycles. The zero-order valence-corrected chi connectivity index (χ0v) is 10.4. The van der Waals surface area contributed by atoms with E-state index in [0.29, 0.717) is 0 Å². The quantitative estimate of drug-likeness (QED) is 0.636. The first-order chi connectivity index (χ1) is 8.90. The number of fused-ring (bicyclic) bond motifs is 1. The van der Waals surface area contributed by atoms with E-state index in [-0.39, 0.29) is 0 Å². The number of rotatable bonds is 2. The third kappa shape index (κ3) is 1.78. The highest BCUT2D eigenvalue weighted by Crippen LogP contribution is 2.28. The molecule has 3 aromatic rings. The van der Waals surface area contributed by atoms with E-state index in [0.717, 1.165) is 12.1 Å². The van der Waals surface area contributed by atoms with Gasteiger partial charge >= 0.3 is 0 Å². The third-order valence-corrected chi connectivity index (χ3v) is 3.33. The number of aryl methyl sites for hydroxylation is 1. The average Bonchev–Trinajstić information content (AvgIpc) is 2.46. The predicted octanol–water partition coefficient (Wildman–Crippen LogP) is 4.46. The Hall–Kier alpha value is -2.15. The lowest BCUT2D eigenvalue weighted by atomic mass is 9.98. The summed E-state index contributed by atoms with van der Waals surface area (Å²) < 4.78 is 0. The predicted molar refractivity (Wildman–Crippen MR) is 76.6 cm³/mol. The van der Waals surface area contributed by atoms with Crippen molar-refractivity contribution < 1.29 is 0 Å². The molecular formula is C17H15N. The Morgan fingerprint density at radius 3 is 2.56 bits per heavy atom. The summed E-state index contributed by atoms with van der Waals surface area (Å²) >= 11 is 0. The molecule has 1 heterocycles. The molecule has 2 aromatic carbocycles. The average molecular weight is 233 g/mol. The van der Waals surface area contributed by atoms with Gasteiger partial charge in [-0.1, -0.05) is 55.5 Å². The maximum atomic E-state index is 4.59. The van der Waals surface area contributed by atoms with E-state index in [1.165, 1.54) is 21.9 Å². The van der Waals surface area contributed by atoms with Crippen LogP contribution in [0.2, 0.25) is 0 Å². The standard InChI is InChI=1S/C17H15N/c1-2-13-7-3-5-9-15(13)17-16-10-6-4-8-14(16)11-12-18-17/h3-12H,2H2,1H3. The molecule has 0 spiro atoms. The second-order valence-corrected chi connectivity index (χ2v) is 4.39. The van der Waals surface area contributed by atoms with Crippen LogP contribution in [0.25, 0.3) is 22.0 Å². The highest BCUT2D eigenvalue weighted by atomic mass is 14.7. The highest BCUT2D eigenvalue weighted by molar-refractivity contribution is 5.95. The van der Waals surface area contributed by atoms with Crippen LogP contribution in [0.3, 0.4) is 0 Å². The molecular weight excluding hydrogens is 218 g/mol. The molecule has 0 aliphatic heterocycles. The molecule has 0 unspecified atom stereocenters. The fourth-order valence-corrected chi connectivity index (χ4v) is 2.39. The number of pyridine rings is 1. The van der Waals surface area contributed by atoms with Gasteiger partial charge in [-0.05, 0) is 23.4 Å². The molecule has 18 heavy (non-hydrogen) atoms. The SMILES string of the molecule is CCc1ccccc1-c1nccc2ccccc12. The van der Waals surface area contributed by atoms with E-state index < -0.39 is 0 Å². The number of benzene rings is 2. The zero-order valence-electron chi connectivity index (χ0n) is 10.4. The van der Waals surface area contributed by atoms with E-state index in [1.807, 2.05) is 6.20 Å². The lowest BCUT2D eigenvalue weighted by Gasteiger charge is -2.09. The zero-order chi connectivity index (χ0) is 12.4. The van der Waals surface area contributed by atoms with Gasteiger partial charge in [0.1, 0.15) is 0 Å². The summed E-state index contributed by atoms with van der Waals surface area (Å²) in [5.41, 5.74) is 3.68. The number of hydrogen-bond donors (Lipinski definition) is 0. The van der Waals surface area contributed by atoms with Gasteiger partial charge in [0.05, 0.1) is 5.69 Å². The van der Waals surface area contributed by atoms with Gasteiger partial charge in [-0.25, -0.2) is 0 Å². The van der Waals surface area contributed by atoms with Crippen molar-refractivity contribution in [3.63, 3.8) is 0 Å². The smallest absolute Gasteiger partial charge is 0.0783 e. The normalized spacial score (nSPS) is 10.7. The Bertz CT molecular complexity index is 681. The molecule has 0 bridgehead atoms. The molecule has 3 rings (SSSR count). The van der Waals surface area contributed by atoms with E-state index in [2.05, 4.69) is 66.5 Å². The van der Waals surface area contributed by atoms with Crippen molar-refractivity contribution in [3.05, 3.63) is 66.4 Å². The molecule has 0 N–H and O–H groups in total. The molecule has 0 aliphatic rings. The van der Waals surface area contributed by atoms with Gasteiger partial charge in [-0.15, -0.1) is 0 Å². The van der Waals surface area contributed by atoms with Gasteiger partial charge in [-0.2, -0.15) is 0 Å². The summed E-state index contributed by atoms with van der Waals surface area (Å²) in [7, 11) is 0. The van der Waals surface area contributed by atoms with Gasteiger partial charge in [0.25, 0.3) is 0 Å². The molecule has 0 aliphatic carbocycles. The summed E-state index contributed by atoms with van der Waals surface area (Å²) in [6.07, 6.45) is 2.92. The Balaban J connectivity index is 2.32. The van der Waals surface area contributed by atoms with Crippen molar-refractivity contribution in [3.8, 4) is 11.3 Å². The molecule has 1 heteroatoms. The first kappa shape index (κ1) is 11.0. The number of aromatic nitrogens is 1.